The van der Waals surface area contributed by atoms with Gasteiger partial charge >= 0.3 is 6.03 Å². The Labute approximate surface area is 156 Å². The number of nitrogens with one attached hydrogen (secondary N) is 1. The molecule has 0 saturated carbocycles. The van der Waals surface area contributed by atoms with Crippen LogP contribution in [0.2, 0.25) is 0 Å². The van der Waals surface area contributed by atoms with Crippen molar-refractivity contribution in [2.45, 2.75) is 33.2 Å². The Kier molecular flexibility index (Phi) is 5.61. The molecule has 1 atom stereocenters. The zero-order chi connectivity index (χ0) is 18.7. The van der Waals surface area contributed by atoms with E-state index in [2.05, 4.69) is 10.5 Å². The largest absolute Gasteiger partial charge is 0.361 e. The molecule has 1 N–H and O–H groups in total. The zero-order valence-electron chi connectivity index (χ0n) is 15.3. The van der Waals surface area contributed by atoms with Crippen molar-refractivity contribution in [3.05, 3.63) is 39.4 Å². The number of amides is 3. The van der Waals surface area contributed by atoms with Gasteiger partial charge in [-0.2, -0.15) is 11.3 Å². The molecule has 0 aliphatic carbocycles. The van der Waals surface area contributed by atoms with Gasteiger partial charge in [0.05, 0.1) is 17.3 Å². The maximum atomic E-state index is 12.6. The third-order valence-electron chi connectivity index (χ3n) is 4.70. The molecular formula is C18H24N4O3S. The molecule has 3 heterocycles. The molecule has 0 unspecified atom stereocenters. The Morgan fingerprint density at radius 1 is 1.23 bits per heavy atom. The maximum absolute atomic E-state index is 12.6. The lowest BCUT2D eigenvalue weighted by atomic mass is 10.1. The molecule has 140 valence electrons. The molecule has 26 heavy (non-hydrogen) atoms. The molecule has 2 aromatic heterocycles. The fraction of sp³-hybridized carbons (Fsp3) is 0.500. The van der Waals surface area contributed by atoms with Crippen LogP contribution in [0, 0.1) is 13.8 Å². The first kappa shape index (κ1) is 18.4. The number of carbonyl (C=O) groups excluding carboxylic acids is 2. The minimum atomic E-state index is -0.180. The summed E-state index contributed by atoms with van der Waals surface area (Å²) in [5.74, 6) is 0.760. The molecule has 3 rings (SSSR count). The molecule has 7 nitrogen and oxygen atoms in total. The van der Waals surface area contributed by atoms with Gasteiger partial charge in [-0.25, -0.2) is 4.79 Å². The predicted molar refractivity (Wildman–Crippen MR) is 99.3 cm³/mol. The first-order chi connectivity index (χ1) is 12.5. The summed E-state index contributed by atoms with van der Waals surface area (Å²) in [4.78, 5) is 28.7. The van der Waals surface area contributed by atoms with Crippen molar-refractivity contribution in [2.24, 2.45) is 0 Å². The number of hydrogen-bond donors (Lipinski definition) is 1. The molecule has 0 aromatic carbocycles. The van der Waals surface area contributed by atoms with Gasteiger partial charge < -0.3 is 19.6 Å². The quantitative estimate of drug-likeness (QED) is 0.893. The summed E-state index contributed by atoms with van der Waals surface area (Å²) in [7, 11) is 0. The standard InChI is InChI=1S/C18H24N4O3S/c1-12(16-13(2)20-25-14(16)3)19-18(24)22-7-4-6-21(8-9-22)17(23)15-5-10-26-11-15/h5,10-12H,4,6-9H2,1-3H3,(H,19,24)/t12-/m0/s1. The Hall–Kier alpha value is -2.35. The number of thiophene rings is 1. The van der Waals surface area contributed by atoms with E-state index in [4.69, 9.17) is 4.52 Å². The van der Waals surface area contributed by atoms with Crippen molar-refractivity contribution < 1.29 is 14.1 Å². The third-order valence-corrected chi connectivity index (χ3v) is 5.38. The minimum Gasteiger partial charge on any atom is -0.361 e. The molecule has 1 saturated heterocycles. The van der Waals surface area contributed by atoms with Gasteiger partial charge in [-0.3, -0.25) is 4.79 Å². The number of carbonyl (C=O) groups is 2. The van der Waals surface area contributed by atoms with Gasteiger partial charge in [-0.05, 0) is 38.6 Å². The topological polar surface area (TPSA) is 78.7 Å². The van der Waals surface area contributed by atoms with Crippen LogP contribution in [-0.2, 0) is 0 Å². The SMILES string of the molecule is Cc1noc(C)c1[C@H](C)NC(=O)N1CCCN(C(=O)c2ccsc2)CC1. The second-order valence-electron chi connectivity index (χ2n) is 6.55. The lowest BCUT2D eigenvalue weighted by Gasteiger charge is -2.24. The van der Waals surface area contributed by atoms with Crippen LogP contribution in [-0.4, -0.2) is 53.1 Å². The van der Waals surface area contributed by atoms with Crippen molar-refractivity contribution in [1.29, 1.82) is 0 Å². The van der Waals surface area contributed by atoms with Gasteiger partial charge in [0.2, 0.25) is 0 Å². The van der Waals surface area contributed by atoms with Gasteiger partial charge in [-0.15, -0.1) is 0 Å². The Morgan fingerprint density at radius 2 is 1.96 bits per heavy atom. The maximum Gasteiger partial charge on any atom is 0.317 e. The first-order valence-corrected chi connectivity index (χ1v) is 9.71. The summed E-state index contributed by atoms with van der Waals surface area (Å²) in [6, 6.07) is 1.54. The van der Waals surface area contributed by atoms with Crippen molar-refractivity contribution in [2.75, 3.05) is 26.2 Å². The van der Waals surface area contributed by atoms with Crippen LogP contribution < -0.4 is 5.32 Å². The second kappa shape index (κ2) is 7.90. The van der Waals surface area contributed by atoms with Crippen LogP contribution in [0.5, 0.6) is 0 Å². The number of hydrogen-bond acceptors (Lipinski definition) is 5. The number of urea groups is 1. The lowest BCUT2D eigenvalue weighted by molar-refractivity contribution is 0.0762. The van der Waals surface area contributed by atoms with Crippen molar-refractivity contribution in [3.8, 4) is 0 Å². The van der Waals surface area contributed by atoms with E-state index in [1.807, 2.05) is 42.5 Å². The Balaban J connectivity index is 1.58. The van der Waals surface area contributed by atoms with E-state index in [0.717, 1.165) is 29.0 Å². The second-order valence-corrected chi connectivity index (χ2v) is 7.33. The van der Waals surface area contributed by atoms with Crippen molar-refractivity contribution >= 4 is 23.3 Å². The van der Waals surface area contributed by atoms with Crippen LogP contribution in [0.25, 0.3) is 0 Å². The third kappa shape index (κ3) is 3.90. The van der Waals surface area contributed by atoms with Crippen LogP contribution in [0.15, 0.2) is 21.3 Å². The highest BCUT2D eigenvalue weighted by molar-refractivity contribution is 7.08. The smallest absolute Gasteiger partial charge is 0.317 e. The highest BCUT2D eigenvalue weighted by Gasteiger charge is 2.25. The minimum absolute atomic E-state index is 0.0394. The summed E-state index contributed by atoms with van der Waals surface area (Å²) in [6.45, 7) is 8.00. The van der Waals surface area contributed by atoms with Crippen molar-refractivity contribution in [1.82, 2.24) is 20.3 Å². The summed E-state index contributed by atoms with van der Waals surface area (Å²) in [5, 5.41) is 10.7. The summed E-state index contributed by atoms with van der Waals surface area (Å²) < 4.78 is 5.18. The highest BCUT2D eigenvalue weighted by Crippen LogP contribution is 2.21. The Bertz CT molecular complexity index is 752. The number of aromatic nitrogens is 1. The molecule has 0 radical (unpaired) electrons. The molecule has 3 amide bonds. The molecule has 1 aliphatic heterocycles. The average Bonchev–Trinajstić information content (AvgIpc) is 3.17. The van der Waals surface area contributed by atoms with E-state index in [-0.39, 0.29) is 18.0 Å². The molecule has 1 fully saturated rings. The van der Waals surface area contributed by atoms with E-state index in [1.54, 1.807) is 4.90 Å². The van der Waals surface area contributed by atoms with Crippen LogP contribution >= 0.6 is 11.3 Å². The Morgan fingerprint density at radius 3 is 2.62 bits per heavy atom. The van der Waals surface area contributed by atoms with E-state index >= 15 is 0 Å². The molecule has 0 bridgehead atoms. The first-order valence-electron chi connectivity index (χ1n) is 8.77. The van der Waals surface area contributed by atoms with Gasteiger partial charge in [0.25, 0.3) is 5.91 Å². The molecule has 8 heteroatoms. The fourth-order valence-corrected chi connectivity index (χ4v) is 3.98. The van der Waals surface area contributed by atoms with E-state index in [0.29, 0.717) is 26.2 Å². The number of nitrogens with zero attached hydrogens (tertiary/aromatic N) is 3. The van der Waals surface area contributed by atoms with Crippen LogP contribution in [0.4, 0.5) is 4.79 Å². The molecule has 0 spiro atoms. The van der Waals surface area contributed by atoms with Crippen LogP contribution in [0.1, 0.15) is 46.8 Å². The van der Waals surface area contributed by atoms with Crippen molar-refractivity contribution in [3.63, 3.8) is 0 Å². The van der Waals surface area contributed by atoms with Gasteiger partial charge in [0.1, 0.15) is 5.76 Å². The fourth-order valence-electron chi connectivity index (χ4n) is 3.35. The van der Waals surface area contributed by atoms with Gasteiger partial charge in [0, 0.05) is 37.1 Å². The number of rotatable bonds is 3. The summed E-state index contributed by atoms with van der Waals surface area (Å²) in [6.07, 6.45) is 0.767. The summed E-state index contributed by atoms with van der Waals surface area (Å²) in [5.41, 5.74) is 2.43. The normalized spacial score (nSPS) is 16.3. The molecule has 1 aliphatic rings. The van der Waals surface area contributed by atoms with E-state index < -0.39 is 0 Å². The van der Waals surface area contributed by atoms with E-state index in [1.165, 1.54) is 11.3 Å². The van der Waals surface area contributed by atoms with Crippen LogP contribution in [0.3, 0.4) is 0 Å². The lowest BCUT2D eigenvalue weighted by Crippen LogP contribution is -2.43. The molecular weight excluding hydrogens is 352 g/mol. The highest BCUT2D eigenvalue weighted by atomic mass is 32.1. The number of aryl methyl sites for hydroxylation is 2. The molecule has 2 aromatic rings. The van der Waals surface area contributed by atoms with E-state index in [9.17, 15) is 9.59 Å². The summed E-state index contributed by atoms with van der Waals surface area (Å²) >= 11 is 1.52. The zero-order valence-corrected chi connectivity index (χ0v) is 16.1. The average molecular weight is 376 g/mol. The van der Waals surface area contributed by atoms with Gasteiger partial charge in [0.15, 0.2) is 0 Å². The van der Waals surface area contributed by atoms with Gasteiger partial charge in [-0.1, -0.05) is 5.16 Å². The monoisotopic (exact) mass is 376 g/mol. The predicted octanol–water partition coefficient (Wildman–Crippen LogP) is 2.97.